The van der Waals surface area contributed by atoms with Crippen LogP contribution in [0.15, 0.2) is 55.1 Å². The van der Waals surface area contributed by atoms with E-state index in [9.17, 15) is 4.39 Å². The Balaban J connectivity index is 1.58. The van der Waals surface area contributed by atoms with Crippen LogP contribution < -0.4 is 5.32 Å². The van der Waals surface area contributed by atoms with E-state index in [1.807, 2.05) is 6.92 Å². The highest BCUT2D eigenvalue weighted by molar-refractivity contribution is 6.31. The van der Waals surface area contributed by atoms with Gasteiger partial charge in [-0.1, -0.05) is 41.9 Å². The van der Waals surface area contributed by atoms with Crippen LogP contribution in [-0.2, 0) is 13.1 Å². The molecule has 0 aliphatic heterocycles. The Morgan fingerprint density at radius 1 is 1.17 bits per heavy atom. The zero-order valence-electron chi connectivity index (χ0n) is 13.3. The average molecular weight is 345 g/mol. The number of nitrogens with zero attached hydrogens (tertiary/aromatic N) is 3. The molecule has 0 radical (unpaired) electrons. The number of rotatable bonds is 6. The Labute approximate surface area is 145 Å². The maximum absolute atomic E-state index is 13.1. The zero-order valence-corrected chi connectivity index (χ0v) is 14.0. The van der Waals surface area contributed by atoms with Crippen LogP contribution in [-0.4, -0.2) is 14.8 Å². The number of benzene rings is 2. The number of hydrogen-bond acceptors (Lipinski definition) is 3. The number of hydrogen-bond donors (Lipinski definition) is 1. The van der Waals surface area contributed by atoms with Gasteiger partial charge < -0.3 is 5.32 Å². The first kappa shape index (κ1) is 16.6. The van der Waals surface area contributed by atoms with Crippen LogP contribution in [0.5, 0.6) is 0 Å². The van der Waals surface area contributed by atoms with Gasteiger partial charge in [-0.2, -0.15) is 5.10 Å². The van der Waals surface area contributed by atoms with Gasteiger partial charge in [0.25, 0.3) is 0 Å². The molecular formula is C18H18ClFN4. The molecule has 1 atom stereocenters. The summed E-state index contributed by atoms with van der Waals surface area (Å²) < 4.78 is 14.9. The van der Waals surface area contributed by atoms with Gasteiger partial charge in [0, 0.05) is 17.6 Å². The summed E-state index contributed by atoms with van der Waals surface area (Å²) in [6.45, 7) is 3.42. The second-order valence-electron chi connectivity index (χ2n) is 5.68. The molecule has 1 N–H and O–H groups in total. The van der Waals surface area contributed by atoms with Gasteiger partial charge in [0.2, 0.25) is 0 Å². The predicted molar refractivity (Wildman–Crippen MR) is 92.2 cm³/mol. The quantitative estimate of drug-likeness (QED) is 0.735. The van der Waals surface area contributed by atoms with E-state index in [1.54, 1.807) is 17.1 Å². The van der Waals surface area contributed by atoms with Gasteiger partial charge in [0.15, 0.2) is 0 Å². The zero-order chi connectivity index (χ0) is 16.9. The minimum absolute atomic E-state index is 0.0351. The number of nitrogens with one attached hydrogen (secondary N) is 1. The van der Waals surface area contributed by atoms with Crippen molar-refractivity contribution >= 4 is 11.6 Å². The van der Waals surface area contributed by atoms with Gasteiger partial charge in [-0.3, -0.25) is 0 Å². The molecule has 124 valence electrons. The van der Waals surface area contributed by atoms with Crippen LogP contribution in [0.3, 0.4) is 0 Å². The average Bonchev–Trinajstić information content (AvgIpc) is 3.07. The molecule has 0 aliphatic carbocycles. The fraction of sp³-hybridized carbons (Fsp3) is 0.222. The minimum Gasteiger partial charge on any atom is -0.306 e. The third-order valence-electron chi connectivity index (χ3n) is 3.88. The molecular weight excluding hydrogens is 327 g/mol. The standard InChI is InChI=1S/C18H18ClFN4/c1-13(17-7-6-16(20)8-18(17)19)22-9-14-2-4-15(5-3-14)10-24-12-21-11-23-24/h2-8,11-13,22H,9-10H2,1H3/t13-/m0/s1. The third kappa shape index (κ3) is 4.19. The summed E-state index contributed by atoms with van der Waals surface area (Å²) in [6.07, 6.45) is 3.23. The lowest BCUT2D eigenvalue weighted by Crippen LogP contribution is -2.18. The molecule has 0 aliphatic rings. The van der Waals surface area contributed by atoms with Crippen molar-refractivity contribution in [3.8, 4) is 0 Å². The lowest BCUT2D eigenvalue weighted by Gasteiger charge is -2.16. The van der Waals surface area contributed by atoms with Crippen LogP contribution in [0.25, 0.3) is 0 Å². The van der Waals surface area contributed by atoms with E-state index in [4.69, 9.17) is 11.6 Å². The van der Waals surface area contributed by atoms with Crippen molar-refractivity contribution in [3.05, 3.63) is 82.6 Å². The van der Waals surface area contributed by atoms with E-state index in [2.05, 4.69) is 39.7 Å². The molecule has 0 saturated heterocycles. The number of halogens is 2. The predicted octanol–water partition coefficient (Wildman–Crippen LogP) is 3.97. The highest BCUT2D eigenvalue weighted by Gasteiger charge is 2.10. The van der Waals surface area contributed by atoms with E-state index >= 15 is 0 Å². The van der Waals surface area contributed by atoms with Crippen LogP contribution in [0.1, 0.15) is 29.7 Å². The Kier molecular flexibility index (Phi) is 5.23. The molecule has 2 aromatic carbocycles. The SMILES string of the molecule is C[C@H](NCc1ccc(Cn2cncn2)cc1)c1ccc(F)cc1Cl. The highest BCUT2D eigenvalue weighted by atomic mass is 35.5. The van der Waals surface area contributed by atoms with Gasteiger partial charge in [-0.15, -0.1) is 0 Å². The van der Waals surface area contributed by atoms with Gasteiger partial charge in [-0.25, -0.2) is 14.1 Å². The fourth-order valence-electron chi connectivity index (χ4n) is 2.50. The fourth-order valence-corrected chi connectivity index (χ4v) is 2.83. The monoisotopic (exact) mass is 344 g/mol. The molecule has 1 aromatic heterocycles. The molecule has 0 amide bonds. The van der Waals surface area contributed by atoms with Crippen molar-refractivity contribution in [1.29, 1.82) is 0 Å². The smallest absolute Gasteiger partial charge is 0.137 e. The Hall–Kier alpha value is -2.24. The van der Waals surface area contributed by atoms with Crippen molar-refractivity contribution in [3.63, 3.8) is 0 Å². The summed E-state index contributed by atoms with van der Waals surface area (Å²) in [6, 6.07) is 12.8. The van der Waals surface area contributed by atoms with E-state index in [-0.39, 0.29) is 11.9 Å². The van der Waals surface area contributed by atoms with Gasteiger partial charge in [-0.05, 0) is 35.7 Å². The summed E-state index contributed by atoms with van der Waals surface area (Å²) in [4.78, 5) is 3.93. The summed E-state index contributed by atoms with van der Waals surface area (Å²) in [5.41, 5.74) is 3.22. The first-order chi connectivity index (χ1) is 11.6. The summed E-state index contributed by atoms with van der Waals surface area (Å²) in [5, 5.41) is 7.94. The highest BCUT2D eigenvalue weighted by Crippen LogP contribution is 2.23. The molecule has 0 spiro atoms. The Morgan fingerprint density at radius 3 is 2.58 bits per heavy atom. The number of aromatic nitrogens is 3. The normalized spacial score (nSPS) is 12.3. The second kappa shape index (κ2) is 7.55. The lowest BCUT2D eigenvalue weighted by atomic mass is 10.1. The largest absolute Gasteiger partial charge is 0.306 e. The Morgan fingerprint density at radius 2 is 1.92 bits per heavy atom. The molecule has 3 aromatic rings. The van der Waals surface area contributed by atoms with Crippen molar-refractivity contribution in [2.45, 2.75) is 26.1 Å². The molecule has 3 rings (SSSR count). The van der Waals surface area contributed by atoms with E-state index in [0.717, 1.165) is 5.56 Å². The van der Waals surface area contributed by atoms with Crippen molar-refractivity contribution in [1.82, 2.24) is 20.1 Å². The van der Waals surface area contributed by atoms with Crippen LogP contribution >= 0.6 is 11.6 Å². The molecule has 1 heterocycles. The van der Waals surface area contributed by atoms with Crippen molar-refractivity contribution < 1.29 is 4.39 Å². The second-order valence-corrected chi connectivity index (χ2v) is 6.09. The minimum atomic E-state index is -0.320. The van der Waals surface area contributed by atoms with Crippen LogP contribution in [0, 0.1) is 5.82 Å². The molecule has 0 unspecified atom stereocenters. The first-order valence-corrected chi connectivity index (χ1v) is 8.08. The molecule has 24 heavy (non-hydrogen) atoms. The van der Waals surface area contributed by atoms with Gasteiger partial charge in [0.1, 0.15) is 18.5 Å². The topological polar surface area (TPSA) is 42.7 Å². The summed E-state index contributed by atoms with van der Waals surface area (Å²) in [7, 11) is 0. The van der Waals surface area contributed by atoms with Crippen LogP contribution in [0.4, 0.5) is 4.39 Å². The maximum Gasteiger partial charge on any atom is 0.137 e. The van der Waals surface area contributed by atoms with E-state index in [1.165, 1.54) is 29.6 Å². The Bertz CT molecular complexity index is 787. The van der Waals surface area contributed by atoms with Crippen molar-refractivity contribution in [2.24, 2.45) is 0 Å². The third-order valence-corrected chi connectivity index (χ3v) is 4.20. The van der Waals surface area contributed by atoms with E-state index < -0.39 is 0 Å². The summed E-state index contributed by atoms with van der Waals surface area (Å²) >= 11 is 6.10. The van der Waals surface area contributed by atoms with Crippen LogP contribution in [0.2, 0.25) is 5.02 Å². The lowest BCUT2D eigenvalue weighted by molar-refractivity contribution is 0.571. The molecule has 0 saturated carbocycles. The molecule has 6 heteroatoms. The van der Waals surface area contributed by atoms with Gasteiger partial charge in [0.05, 0.1) is 6.54 Å². The summed E-state index contributed by atoms with van der Waals surface area (Å²) in [5.74, 6) is -0.320. The van der Waals surface area contributed by atoms with Crippen molar-refractivity contribution in [2.75, 3.05) is 0 Å². The molecule has 4 nitrogen and oxygen atoms in total. The van der Waals surface area contributed by atoms with E-state index in [0.29, 0.717) is 18.1 Å². The maximum atomic E-state index is 13.1. The molecule has 0 fully saturated rings. The first-order valence-electron chi connectivity index (χ1n) is 7.70. The van der Waals surface area contributed by atoms with Gasteiger partial charge >= 0.3 is 0 Å². The molecule has 0 bridgehead atoms.